The van der Waals surface area contributed by atoms with E-state index in [1.165, 1.54) is 27.9 Å². The van der Waals surface area contributed by atoms with Crippen molar-refractivity contribution < 1.29 is 9.13 Å². The first kappa shape index (κ1) is 23.0. The van der Waals surface area contributed by atoms with Crippen molar-refractivity contribution in [1.29, 1.82) is 0 Å². The molecule has 2 aliphatic heterocycles. The Kier molecular flexibility index (Phi) is 5.12. The van der Waals surface area contributed by atoms with Crippen molar-refractivity contribution in [3.63, 3.8) is 0 Å². The lowest BCUT2D eigenvalue weighted by atomic mass is 9.78. The van der Waals surface area contributed by atoms with Crippen LogP contribution in [0.2, 0.25) is 0 Å². The summed E-state index contributed by atoms with van der Waals surface area (Å²) in [5, 5.41) is 6.34. The number of benzene rings is 2. The molecule has 0 saturated heterocycles. The van der Waals surface area contributed by atoms with E-state index < -0.39 is 0 Å². The zero-order chi connectivity index (χ0) is 26.0. The Labute approximate surface area is 223 Å². The number of allylic oxidation sites excluding steroid dienone is 1. The van der Waals surface area contributed by atoms with Crippen LogP contribution in [0.3, 0.4) is 0 Å². The summed E-state index contributed by atoms with van der Waals surface area (Å²) in [6.45, 7) is 12.2. The highest BCUT2D eigenvalue weighted by atomic mass is 15.3. The molecule has 0 amide bonds. The van der Waals surface area contributed by atoms with E-state index in [9.17, 15) is 0 Å². The summed E-state index contributed by atoms with van der Waals surface area (Å²) < 4.78 is 6.91. The van der Waals surface area contributed by atoms with Gasteiger partial charge in [-0.25, -0.2) is 9.25 Å². The van der Waals surface area contributed by atoms with Crippen molar-refractivity contribution in [1.82, 2.24) is 14.8 Å². The second-order valence-electron chi connectivity index (χ2n) is 11.7. The van der Waals surface area contributed by atoms with Crippen molar-refractivity contribution in [2.45, 2.75) is 57.5 Å². The maximum atomic E-state index is 5.14. The van der Waals surface area contributed by atoms with Gasteiger partial charge in [-0.05, 0) is 34.8 Å². The van der Waals surface area contributed by atoms with Crippen molar-refractivity contribution >= 4 is 16.6 Å². The summed E-state index contributed by atoms with van der Waals surface area (Å²) in [5.74, 6) is 0.322. The van der Waals surface area contributed by atoms with Crippen LogP contribution >= 0.6 is 0 Å². The molecule has 0 spiro atoms. The summed E-state index contributed by atoms with van der Waals surface area (Å²) in [4.78, 5) is 4.90. The molecule has 3 aromatic heterocycles. The summed E-state index contributed by atoms with van der Waals surface area (Å²) in [6, 6.07) is 26.3. The SMILES string of the molecule is C=C1CC2C(CC[n+]3ccccc3-c3cc(C(C)(C)C)nn31)c1ccccc1-c1c3ccccc3nc[n+]12. The Bertz CT molecular complexity index is 1720. The van der Waals surface area contributed by atoms with Gasteiger partial charge in [0.05, 0.1) is 11.1 Å². The molecular weight excluding hydrogens is 466 g/mol. The van der Waals surface area contributed by atoms with E-state index in [2.05, 4.69) is 126 Å². The fourth-order valence-electron chi connectivity index (χ4n) is 6.35. The van der Waals surface area contributed by atoms with E-state index >= 15 is 0 Å². The second-order valence-corrected chi connectivity index (χ2v) is 11.7. The maximum Gasteiger partial charge on any atom is 0.287 e. The van der Waals surface area contributed by atoms with Gasteiger partial charge in [0.15, 0.2) is 11.7 Å². The highest BCUT2D eigenvalue weighted by molar-refractivity contribution is 5.91. The Hall–Kier alpha value is -4.12. The standard InChI is InChI=1S/C33H33N5/c1-22-19-29-24(16-18-36-17-10-9-15-28(36)30-20-31(33(2,3)4)35-38(22)30)23-11-5-6-12-25(23)32-26-13-7-8-14-27(26)34-21-37(29)32/h5-15,17,20-21,24,29H,1,16,18-19H2,2-4H3/q+2. The van der Waals surface area contributed by atoms with Gasteiger partial charge in [0.2, 0.25) is 5.69 Å². The molecule has 188 valence electrons. The minimum Gasteiger partial charge on any atom is -0.231 e. The first-order valence-electron chi connectivity index (χ1n) is 13.6. The van der Waals surface area contributed by atoms with E-state index in [1.807, 2.05) is 0 Å². The molecule has 5 heterocycles. The van der Waals surface area contributed by atoms with Gasteiger partial charge < -0.3 is 0 Å². The quantitative estimate of drug-likeness (QED) is 0.237. The van der Waals surface area contributed by atoms with Crippen molar-refractivity contribution in [3.8, 4) is 22.6 Å². The smallest absolute Gasteiger partial charge is 0.231 e. The van der Waals surface area contributed by atoms with E-state index in [0.29, 0.717) is 5.92 Å². The fraction of sp³-hybridized carbons (Fsp3) is 0.273. The largest absolute Gasteiger partial charge is 0.287 e. The first-order valence-corrected chi connectivity index (χ1v) is 13.6. The number of aryl methyl sites for hydroxylation is 1. The summed E-state index contributed by atoms with van der Waals surface area (Å²) in [6.07, 6.45) is 6.07. The van der Waals surface area contributed by atoms with E-state index in [1.54, 1.807) is 0 Å². The molecule has 0 bridgehead atoms. The number of pyridine rings is 1. The topological polar surface area (TPSA) is 38.5 Å². The van der Waals surface area contributed by atoms with E-state index in [4.69, 9.17) is 10.1 Å². The molecule has 0 N–H and O–H groups in total. The van der Waals surface area contributed by atoms with Crippen LogP contribution in [0.25, 0.3) is 39.2 Å². The fourth-order valence-corrected chi connectivity index (χ4v) is 6.35. The molecule has 38 heavy (non-hydrogen) atoms. The molecule has 0 fully saturated rings. The van der Waals surface area contributed by atoms with Crippen LogP contribution in [-0.2, 0) is 12.0 Å². The average Bonchev–Trinajstić information content (AvgIpc) is 3.39. The number of nitrogens with zero attached hydrogens (tertiary/aromatic N) is 5. The number of fused-ring (bicyclic) bond motifs is 11. The van der Waals surface area contributed by atoms with Crippen LogP contribution in [-0.4, -0.2) is 14.8 Å². The Morgan fingerprint density at radius 1 is 0.974 bits per heavy atom. The highest BCUT2D eigenvalue weighted by Crippen LogP contribution is 2.45. The number of rotatable bonds is 0. The number of aromatic nitrogens is 5. The zero-order valence-electron chi connectivity index (χ0n) is 22.3. The zero-order valence-corrected chi connectivity index (χ0v) is 22.3. The van der Waals surface area contributed by atoms with Crippen LogP contribution in [0.5, 0.6) is 0 Å². The van der Waals surface area contributed by atoms with Gasteiger partial charge in [0.1, 0.15) is 24.0 Å². The normalized spacial score (nSPS) is 18.7. The predicted molar refractivity (Wildman–Crippen MR) is 150 cm³/mol. The Morgan fingerprint density at radius 3 is 2.63 bits per heavy atom. The van der Waals surface area contributed by atoms with Crippen molar-refractivity contribution in [2.75, 3.05) is 0 Å². The second kappa shape index (κ2) is 8.45. The predicted octanol–water partition coefficient (Wildman–Crippen LogP) is 6.24. The molecule has 7 rings (SSSR count). The van der Waals surface area contributed by atoms with Gasteiger partial charge >= 0.3 is 0 Å². The van der Waals surface area contributed by atoms with Crippen LogP contribution in [0.15, 0.2) is 91.9 Å². The molecule has 2 aliphatic rings. The molecule has 5 heteroatoms. The lowest BCUT2D eigenvalue weighted by Gasteiger charge is -2.34. The molecule has 0 aliphatic carbocycles. The monoisotopic (exact) mass is 499 g/mol. The Morgan fingerprint density at radius 2 is 1.76 bits per heavy atom. The number of hydrogen-bond acceptors (Lipinski definition) is 2. The van der Waals surface area contributed by atoms with Gasteiger partial charge in [-0.15, -0.1) is 0 Å². The summed E-state index contributed by atoms with van der Waals surface area (Å²) >= 11 is 0. The number of hydrogen-bond donors (Lipinski definition) is 0. The van der Waals surface area contributed by atoms with E-state index in [-0.39, 0.29) is 11.5 Å². The molecule has 2 unspecified atom stereocenters. The maximum absolute atomic E-state index is 5.14. The molecule has 0 saturated carbocycles. The molecule has 5 nitrogen and oxygen atoms in total. The lowest BCUT2D eigenvalue weighted by molar-refractivity contribution is -0.723. The molecule has 2 atom stereocenters. The molecule has 0 radical (unpaired) electrons. The minimum absolute atomic E-state index is 0.0590. The third kappa shape index (κ3) is 3.52. The summed E-state index contributed by atoms with van der Waals surface area (Å²) in [5.41, 5.74) is 9.32. The highest BCUT2D eigenvalue weighted by Gasteiger charge is 2.40. The van der Waals surface area contributed by atoms with Crippen LogP contribution in [0, 0.1) is 0 Å². The van der Waals surface area contributed by atoms with Crippen LogP contribution in [0.4, 0.5) is 0 Å². The van der Waals surface area contributed by atoms with Crippen LogP contribution in [0.1, 0.15) is 56.8 Å². The molecule has 5 aromatic rings. The average molecular weight is 500 g/mol. The Balaban J connectivity index is 1.46. The molecule has 2 aromatic carbocycles. The van der Waals surface area contributed by atoms with Crippen molar-refractivity contribution in [2.24, 2.45) is 0 Å². The van der Waals surface area contributed by atoms with Gasteiger partial charge in [0.25, 0.3) is 6.33 Å². The third-order valence-electron chi connectivity index (χ3n) is 8.28. The van der Waals surface area contributed by atoms with Crippen LogP contribution < -0.4 is 9.13 Å². The third-order valence-corrected chi connectivity index (χ3v) is 8.28. The van der Waals surface area contributed by atoms with Gasteiger partial charge in [-0.2, -0.15) is 9.67 Å². The van der Waals surface area contributed by atoms with Gasteiger partial charge in [-0.1, -0.05) is 63.7 Å². The first-order chi connectivity index (χ1) is 18.4. The minimum atomic E-state index is -0.0590. The lowest BCUT2D eigenvalue weighted by Crippen LogP contribution is -2.49. The van der Waals surface area contributed by atoms with E-state index in [0.717, 1.165) is 42.0 Å². The van der Waals surface area contributed by atoms with Gasteiger partial charge in [0, 0.05) is 47.6 Å². The molecular formula is C33H33N5+2. The number of para-hydroxylation sites is 1. The van der Waals surface area contributed by atoms with Crippen molar-refractivity contribution in [3.05, 3.63) is 103 Å². The summed E-state index contributed by atoms with van der Waals surface area (Å²) in [7, 11) is 0. The van der Waals surface area contributed by atoms with Gasteiger partial charge in [-0.3, -0.25) is 0 Å².